The first-order valence-electron chi connectivity index (χ1n) is 11.3. The number of hydrogen-bond acceptors (Lipinski definition) is 7. The van der Waals surface area contributed by atoms with Gasteiger partial charge in [0, 0.05) is 17.4 Å². The molecule has 0 unspecified atom stereocenters. The minimum atomic E-state index is -0.909. The maximum atomic E-state index is 12.3. The van der Waals surface area contributed by atoms with E-state index in [2.05, 4.69) is 21.2 Å². The molecular weight excluding hydrogens is 476 g/mol. The molecule has 0 aliphatic rings. The molecule has 3 amide bonds. The molecule has 3 N–H and O–H groups in total. The van der Waals surface area contributed by atoms with Crippen molar-refractivity contribution in [2.75, 3.05) is 31.5 Å². The number of carbonyl (C=O) groups excluding carboxylic acids is 3. The number of para-hydroxylation sites is 1. The van der Waals surface area contributed by atoms with Gasteiger partial charge in [-0.25, -0.2) is 5.43 Å². The molecule has 0 atom stereocenters. The van der Waals surface area contributed by atoms with Gasteiger partial charge in [-0.1, -0.05) is 24.3 Å². The van der Waals surface area contributed by atoms with Gasteiger partial charge in [0.2, 0.25) is 0 Å². The van der Waals surface area contributed by atoms with Gasteiger partial charge in [0.15, 0.2) is 18.1 Å². The van der Waals surface area contributed by atoms with Crippen LogP contribution in [-0.4, -0.2) is 44.8 Å². The van der Waals surface area contributed by atoms with Gasteiger partial charge in [-0.2, -0.15) is 5.10 Å². The monoisotopic (exact) mass is 504 g/mol. The minimum absolute atomic E-state index is 0.244. The molecule has 192 valence electrons. The Labute approximate surface area is 214 Å². The Balaban J connectivity index is 1.54. The molecule has 3 aromatic carbocycles. The Kier molecular flexibility index (Phi) is 9.20. The van der Waals surface area contributed by atoms with Gasteiger partial charge in [0.1, 0.15) is 5.75 Å². The Morgan fingerprint density at radius 3 is 2.27 bits per heavy atom. The van der Waals surface area contributed by atoms with Crippen molar-refractivity contribution >= 4 is 35.3 Å². The highest BCUT2D eigenvalue weighted by atomic mass is 16.5. The zero-order valence-corrected chi connectivity index (χ0v) is 21.0. The number of nitrogens with one attached hydrogen (secondary N) is 3. The normalized spacial score (nSPS) is 10.5. The molecule has 0 saturated heterocycles. The topological polar surface area (TPSA) is 127 Å². The second kappa shape index (κ2) is 12.7. The first kappa shape index (κ1) is 26.7. The molecule has 0 aliphatic heterocycles. The fraction of sp³-hybridized carbons (Fsp3) is 0.185. The van der Waals surface area contributed by atoms with Crippen LogP contribution in [0, 0.1) is 13.8 Å². The van der Waals surface area contributed by atoms with Crippen molar-refractivity contribution in [3.8, 4) is 17.2 Å². The SMILES string of the molecule is COc1cccc(NC(=O)COc2ccc(/C=N\NC(=O)C(=O)Nc3c(C)cccc3C)cc2OC)c1. The molecule has 3 aromatic rings. The largest absolute Gasteiger partial charge is 0.497 e. The number of aryl methyl sites for hydroxylation is 2. The standard InChI is InChI=1S/C27H28N4O6/c1-17-7-5-8-18(2)25(17)30-26(33)27(34)31-28-15-19-11-12-22(23(13-19)36-4)37-16-24(32)29-20-9-6-10-21(14-20)35-3/h5-15H,16H2,1-4H3,(H,29,32)(H,30,33)(H,31,34)/b28-15-. The average Bonchev–Trinajstić information content (AvgIpc) is 2.89. The lowest BCUT2D eigenvalue weighted by Crippen LogP contribution is -2.32. The van der Waals surface area contributed by atoms with Crippen LogP contribution in [0.15, 0.2) is 65.8 Å². The fourth-order valence-corrected chi connectivity index (χ4v) is 3.32. The zero-order valence-electron chi connectivity index (χ0n) is 21.0. The second-order valence-corrected chi connectivity index (χ2v) is 7.90. The molecule has 0 heterocycles. The maximum absolute atomic E-state index is 12.3. The number of methoxy groups -OCH3 is 2. The first-order chi connectivity index (χ1) is 17.8. The molecule has 0 aromatic heterocycles. The molecule has 37 heavy (non-hydrogen) atoms. The summed E-state index contributed by atoms with van der Waals surface area (Å²) in [5.74, 6) is -0.774. The van der Waals surface area contributed by atoms with Crippen LogP contribution in [0.5, 0.6) is 17.2 Å². The number of carbonyl (C=O) groups is 3. The number of ether oxygens (including phenoxy) is 3. The number of hydrazone groups is 1. The van der Waals surface area contributed by atoms with E-state index in [1.165, 1.54) is 13.3 Å². The summed E-state index contributed by atoms with van der Waals surface area (Å²) in [5, 5.41) is 9.16. The van der Waals surface area contributed by atoms with E-state index in [9.17, 15) is 14.4 Å². The molecule has 3 rings (SSSR count). The molecule has 0 bridgehead atoms. The van der Waals surface area contributed by atoms with Crippen LogP contribution in [0.4, 0.5) is 11.4 Å². The van der Waals surface area contributed by atoms with E-state index in [4.69, 9.17) is 14.2 Å². The van der Waals surface area contributed by atoms with E-state index in [-0.39, 0.29) is 12.5 Å². The van der Waals surface area contributed by atoms with E-state index in [1.54, 1.807) is 49.6 Å². The van der Waals surface area contributed by atoms with Crippen LogP contribution < -0.4 is 30.3 Å². The Morgan fingerprint density at radius 2 is 1.57 bits per heavy atom. The summed E-state index contributed by atoms with van der Waals surface area (Å²) in [7, 11) is 3.00. The van der Waals surface area contributed by atoms with Crippen LogP contribution in [0.25, 0.3) is 0 Å². The molecule has 0 spiro atoms. The van der Waals surface area contributed by atoms with E-state index in [0.717, 1.165) is 11.1 Å². The molecular formula is C27H28N4O6. The number of anilines is 2. The van der Waals surface area contributed by atoms with Gasteiger partial charge < -0.3 is 24.8 Å². The summed E-state index contributed by atoms with van der Waals surface area (Å²) >= 11 is 0. The summed E-state index contributed by atoms with van der Waals surface area (Å²) < 4.78 is 16.1. The van der Waals surface area contributed by atoms with Gasteiger partial charge in [-0.05, 0) is 60.9 Å². The maximum Gasteiger partial charge on any atom is 0.329 e. The Hall–Kier alpha value is -4.86. The van der Waals surface area contributed by atoms with Crippen molar-refractivity contribution in [2.45, 2.75) is 13.8 Å². The predicted molar refractivity (Wildman–Crippen MR) is 140 cm³/mol. The fourth-order valence-electron chi connectivity index (χ4n) is 3.32. The summed E-state index contributed by atoms with van der Waals surface area (Å²) in [6.07, 6.45) is 1.35. The highest BCUT2D eigenvalue weighted by Crippen LogP contribution is 2.27. The van der Waals surface area contributed by atoms with Crippen LogP contribution in [0.2, 0.25) is 0 Å². The predicted octanol–water partition coefficient (Wildman–Crippen LogP) is 3.43. The smallest absolute Gasteiger partial charge is 0.329 e. The molecule has 10 heteroatoms. The Bertz CT molecular complexity index is 1300. The number of hydrogen-bond donors (Lipinski definition) is 3. The van der Waals surface area contributed by atoms with Crippen molar-refractivity contribution in [1.82, 2.24) is 5.43 Å². The average molecular weight is 505 g/mol. The first-order valence-corrected chi connectivity index (χ1v) is 11.3. The third kappa shape index (κ3) is 7.56. The number of nitrogens with zero attached hydrogens (tertiary/aromatic N) is 1. The second-order valence-electron chi connectivity index (χ2n) is 7.90. The zero-order chi connectivity index (χ0) is 26.8. The molecule has 0 saturated carbocycles. The third-order valence-corrected chi connectivity index (χ3v) is 5.21. The van der Waals surface area contributed by atoms with Gasteiger partial charge >= 0.3 is 11.8 Å². The van der Waals surface area contributed by atoms with Crippen LogP contribution in [0.3, 0.4) is 0 Å². The van der Waals surface area contributed by atoms with Crippen molar-refractivity contribution in [3.63, 3.8) is 0 Å². The van der Waals surface area contributed by atoms with Crippen molar-refractivity contribution < 1.29 is 28.6 Å². The molecule has 10 nitrogen and oxygen atoms in total. The van der Waals surface area contributed by atoms with E-state index in [0.29, 0.717) is 34.2 Å². The van der Waals surface area contributed by atoms with Crippen molar-refractivity contribution in [3.05, 3.63) is 77.4 Å². The molecule has 0 fully saturated rings. The highest BCUT2D eigenvalue weighted by molar-refractivity contribution is 6.39. The van der Waals surface area contributed by atoms with Gasteiger partial charge in [-0.15, -0.1) is 0 Å². The number of rotatable bonds is 9. The van der Waals surface area contributed by atoms with Crippen LogP contribution >= 0.6 is 0 Å². The van der Waals surface area contributed by atoms with Gasteiger partial charge in [-0.3, -0.25) is 14.4 Å². The molecule has 0 radical (unpaired) electrons. The lowest BCUT2D eigenvalue weighted by atomic mass is 10.1. The summed E-state index contributed by atoms with van der Waals surface area (Å²) in [5.41, 5.74) is 5.62. The van der Waals surface area contributed by atoms with E-state index < -0.39 is 11.8 Å². The van der Waals surface area contributed by atoms with Crippen LogP contribution in [-0.2, 0) is 14.4 Å². The summed E-state index contributed by atoms with van der Waals surface area (Å²) in [6, 6.07) is 17.4. The Morgan fingerprint density at radius 1 is 0.838 bits per heavy atom. The lowest BCUT2D eigenvalue weighted by Gasteiger charge is -2.12. The van der Waals surface area contributed by atoms with Crippen molar-refractivity contribution in [1.29, 1.82) is 0 Å². The summed E-state index contributed by atoms with van der Waals surface area (Å²) in [4.78, 5) is 36.6. The molecule has 0 aliphatic carbocycles. The van der Waals surface area contributed by atoms with Gasteiger partial charge in [0.05, 0.1) is 20.4 Å². The highest BCUT2D eigenvalue weighted by Gasteiger charge is 2.15. The van der Waals surface area contributed by atoms with Crippen LogP contribution in [0.1, 0.15) is 16.7 Å². The summed E-state index contributed by atoms with van der Waals surface area (Å²) in [6.45, 7) is 3.44. The van der Waals surface area contributed by atoms with E-state index >= 15 is 0 Å². The van der Waals surface area contributed by atoms with E-state index in [1.807, 2.05) is 32.0 Å². The van der Waals surface area contributed by atoms with Gasteiger partial charge in [0.25, 0.3) is 5.91 Å². The number of benzene rings is 3. The quantitative estimate of drug-likeness (QED) is 0.233. The third-order valence-electron chi connectivity index (χ3n) is 5.21. The number of amides is 3. The lowest BCUT2D eigenvalue weighted by molar-refractivity contribution is -0.136. The van der Waals surface area contributed by atoms with Crippen molar-refractivity contribution in [2.24, 2.45) is 5.10 Å². The minimum Gasteiger partial charge on any atom is -0.497 e.